The summed E-state index contributed by atoms with van der Waals surface area (Å²) in [6.45, 7) is 10.3. The van der Waals surface area contributed by atoms with Crippen molar-refractivity contribution in [2.75, 3.05) is 20.3 Å². The van der Waals surface area contributed by atoms with Gasteiger partial charge >= 0.3 is 0 Å². The molecule has 0 fully saturated rings. The van der Waals surface area contributed by atoms with Crippen molar-refractivity contribution in [2.45, 2.75) is 52.2 Å². The summed E-state index contributed by atoms with van der Waals surface area (Å²) in [5, 5.41) is 3.63. The average molecular weight is 279 g/mol. The zero-order valence-corrected chi connectivity index (χ0v) is 13.5. The summed E-state index contributed by atoms with van der Waals surface area (Å²) in [6, 6.07) is 8.32. The van der Waals surface area contributed by atoms with Gasteiger partial charge in [-0.15, -0.1) is 0 Å². The number of hydrogen-bond donors (Lipinski definition) is 1. The molecule has 114 valence electrons. The quantitative estimate of drug-likeness (QED) is 0.742. The summed E-state index contributed by atoms with van der Waals surface area (Å²) in [5.41, 5.74) is 0.930. The molecule has 0 spiro atoms. The minimum atomic E-state index is -0.238. The van der Waals surface area contributed by atoms with Crippen molar-refractivity contribution in [1.29, 1.82) is 0 Å². The van der Waals surface area contributed by atoms with Gasteiger partial charge in [0.05, 0.1) is 18.8 Å². The smallest absolute Gasteiger partial charge is 0.123 e. The fraction of sp³-hybridized carbons (Fsp3) is 0.647. The van der Waals surface area contributed by atoms with E-state index in [0.717, 1.165) is 25.1 Å². The summed E-state index contributed by atoms with van der Waals surface area (Å²) in [7, 11) is 1.72. The molecule has 0 bridgehead atoms. The van der Waals surface area contributed by atoms with Crippen LogP contribution in [-0.4, -0.2) is 25.9 Å². The van der Waals surface area contributed by atoms with Crippen LogP contribution in [-0.2, 0) is 4.74 Å². The first-order chi connectivity index (χ1) is 9.62. The number of hydrogen-bond acceptors (Lipinski definition) is 3. The Balaban J connectivity index is 3.16. The van der Waals surface area contributed by atoms with Gasteiger partial charge in [-0.25, -0.2) is 0 Å². The van der Waals surface area contributed by atoms with Gasteiger partial charge in [-0.05, 0) is 39.3 Å². The highest BCUT2D eigenvalue weighted by Crippen LogP contribution is 2.36. The maximum absolute atomic E-state index is 6.07. The van der Waals surface area contributed by atoms with Gasteiger partial charge in [-0.2, -0.15) is 0 Å². The highest BCUT2D eigenvalue weighted by molar-refractivity contribution is 5.37. The zero-order chi connectivity index (χ0) is 15.0. The highest BCUT2D eigenvalue weighted by atomic mass is 16.5. The molecule has 0 heterocycles. The van der Waals surface area contributed by atoms with Crippen LogP contribution in [0.1, 0.15) is 52.1 Å². The maximum Gasteiger partial charge on any atom is 0.123 e. The third kappa shape index (κ3) is 3.97. The van der Waals surface area contributed by atoms with E-state index in [0.29, 0.717) is 6.61 Å². The molecule has 2 unspecified atom stereocenters. The molecule has 0 saturated carbocycles. The third-order valence-electron chi connectivity index (χ3n) is 3.84. The summed E-state index contributed by atoms with van der Waals surface area (Å²) in [6.07, 6.45) is 2.04. The molecule has 1 aromatic rings. The second-order valence-electron chi connectivity index (χ2n) is 5.23. The summed E-state index contributed by atoms with van der Waals surface area (Å²) in [4.78, 5) is 0. The van der Waals surface area contributed by atoms with E-state index in [1.807, 2.05) is 19.1 Å². The van der Waals surface area contributed by atoms with Gasteiger partial charge in [0.25, 0.3) is 0 Å². The molecule has 0 aliphatic heterocycles. The van der Waals surface area contributed by atoms with Gasteiger partial charge in [-0.1, -0.05) is 32.0 Å². The van der Waals surface area contributed by atoms with Crippen LogP contribution in [0.25, 0.3) is 0 Å². The van der Waals surface area contributed by atoms with Crippen LogP contribution in [0.4, 0.5) is 0 Å². The normalized spacial score (nSPS) is 15.7. The van der Waals surface area contributed by atoms with Crippen LogP contribution < -0.4 is 10.1 Å². The molecule has 1 N–H and O–H groups in total. The molecule has 3 heteroatoms. The molecular formula is C17H29NO2. The monoisotopic (exact) mass is 279 g/mol. The zero-order valence-electron chi connectivity index (χ0n) is 13.5. The van der Waals surface area contributed by atoms with E-state index in [-0.39, 0.29) is 11.6 Å². The molecule has 0 aromatic heterocycles. The van der Waals surface area contributed by atoms with E-state index >= 15 is 0 Å². The minimum absolute atomic E-state index is 0.128. The fourth-order valence-corrected chi connectivity index (χ4v) is 2.57. The first-order valence-corrected chi connectivity index (χ1v) is 7.63. The Kier molecular flexibility index (Phi) is 7.03. The predicted molar refractivity (Wildman–Crippen MR) is 84.4 cm³/mol. The lowest BCUT2D eigenvalue weighted by atomic mass is 9.87. The molecule has 0 aliphatic carbocycles. The number of methoxy groups -OCH3 is 1. The molecule has 0 amide bonds. The SMILES string of the molecule is CCCNC(c1ccccc1OC)C(C)(CC)OCC. The van der Waals surface area contributed by atoms with Crippen LogP contribution in [0.5, 0.6) is 5.75 Å². The predicted octanol–water partition coefficient (Wildman–Crippen LogP) is 3.94. The Labute approximate surface area is 123 Å². The van der Waals surface area contributed by atoms with Gasteiger partial charge in [0.1, 0.15) is 5.75 Å². The van der Waals surface area contributed by atoms with Crippen molar-refractivity contribution in [1.82, 2.24) is 5.32 Å². The van der Waals surface area contributed by atoms with E-state index in [2.05, 4.69) is 38.2 Å². The number of nitrogens with one attached hydrogen (secondary N) is 1. The Morgan fingerprint density at radius 3 is 2.45 bits per heavy atom. The summed E-state index contributed by atoms with van der Waals surface area (Å²) in [5.74, 6) is 0.917. The van der Waals surface area contributed by atoms with Crippen LogP contribution in [0.15, 0.2) is 24.3 Å². The van der Waals surface area contributed by atoms with Gasteiger partial charge in [0, 0.05) is 12.2 Å². The molecule has 1 aromatic carbocycles. The second-order valence-corrected chi connectivity index (χ2v) is 5.23. The van der Waals surface area contributed by atoms with Crippen molar-refractivity contribution in [3.05, 3.63) is 29.8 Å². The van der Waals surface area contributed by atoms with Crippen LogP contribution in [0, 0.1) is 0 Å². The number of para-hydroxylation sites is 1. The number of benzene rings is 1. The average Bonchev–Trinajstić information content (AvgIpc) is 2.48. The second kappa shape index (κ2) is 8.28. The van der Waals surface area contributed by atoms with E-state index in [4.69, 9.17) is 9.47 Å². The molecular weight excluding hydrogens is 250 g/mol. The van der Waals surface area contributed by atoms with E-state index in [9.17, 15) is 0 Å². The minimum Gasteiger partial charge on any atom is -0.496 e. The van der Waals surface area contributed by atoms with Gasteiger partial charge in [0.15, 0.2) is 0 Å². The molecule has 20 heavy (non-hydrogen) atoms. The maximum atomic E-state index is 6.07. The van der Waals surface area contributed by atoms with E-state index in [1.54, 1.807) is 7.11 Å². The van der Waals surface area contributed by atoms with Crippen LogP contribution >= 0.6 is 0 Å². The first-order valence-electron chi connectivity index (χ1n) is 7.63. The standard InChI is InChI=1S/C17H29NO2/c1-6-13-18-16(17(4,7-2)20-8-3)14-11-9-10-12-15(14)19-5/h9-12,16,18H,6-8,13H2,1-5H3. The Morgan fingerprint density at radius 1 is 1.20 bits per heavy atom. The third-order valence-corrected chi connectivity index (χ3v) is 3.84. The van der Waals surface area contributed by atoms with Crippen molar-refractivity contribution in [3.8, 4) is 5.75 Å². The van der Waals surface area contributed by atoms with Gasteiger partial charge in [-0.3, -0.25) is 0 Å². The molecule has 0 radical (unpaired) electrons. The molecule has 3 nitrogen and oxygen atoms in total. The van der Waals surface area contributed by atoms with Crippen molar-refractivity contribution < 1.29 is 9.47 Å². The Hall–Kier alpha value is -1.06. The van der Waals surface area contributed by atoms with Crippen molar-refractivity contribution >= 4 is 0 Å². The van der Waals surface area contributed by atoms with E-state index < -0.39 is 0 Å². The van der Waals surface area contributed by atoms with Gasteiger partial charge in [0.2, 0.25) is 0 Å². The topological polar surface area (TPSA) is 30.5 Å². The van der Waals surface area contributed by atoms with E-state index in [1.165, 1.54) is 5.56 Å². The molecule has 2 atom stereocenters. The van der Waals surface area contributed by atoms with Crippen molar-refractivity contribution in [3.63, 3.8) is 0 Å². The van der Waals surface area contributed by atoms with Crippen LogP contribution in [0.3, 0.4) is 0 Å². The molecule has 0 saturated heterocycles. The largest absolute Gasteiger partial charge is 0.496 e. The van der Waals surface area contributed by atoms with Crippen molar-refractivity contribution in [2.24, 2.45) is 0 Å². The summed E-state index contributed by atoms with van der Waals surface area (Å²) < 4.78 is 11.6. The lowest BCUT2D eigenvalue weighted by Crippen LogP contribution is -2.44. The number of ether oxygens (including phenoxy) is 2. The lowest BCUT2D eigenvalue weighted by Gasteiger charge is -2.38. The summed E-state index contributed by atoms with van der Waals surface area (Å²) >= 11 is 0. The Bertz CT molecular complexity index is 394. The molecule has 1 rings (SSSR count). The lowest BCUT2D eigenvalue weighted by molar-refractivity contribution is -0.0567. The van der Waals surface area contributed by atoms with Gasteiger partial charge < -0.3 is 14.8 Å². The van der Waals surface area contributed by atoms with Crippen LogP contribution in [0.2, 0.25) is 0 Å². The Morgan fingerprint density at radius 2 is 1.90 bits per heavy atom. The number of rotatable bonds is 9. The fourth-order valence-electron chi connectivity index (χ4n) is 2.57. The first kappa shape index (κ1) is 17.0. The molecule has 0 aliphatic rings. The highest BCUT2D eigenvalue weighted by Gasteiger charge is 2.35.